The number of anilines is 1. The average molecular weight is 550 g/mol. The Hall–Kier alpha value is -2.54. The molecule has 0 saturated heterocycles. The Labute approximate surface area is 192 Å². The van der Waals surface area contributed by atoms with Crippen molar-refractivity contribution in [3.8, 4) is 22.1 Å². The number of benzene rings is 2. The Morgan fingerprint density at radius 1 is 1.10 bits per heavy atom. The molecule has 0 fully saturated rings. The highest BCUT2D eigenvalue weighted by Gasteiger charge is 2.30. The van der Waals surface area contributed by atoms with Crippen molar-refractivity contribution in [2.24, 2.45) is 10.7 Å². The molecule has 0 bridgehead atoms. The first-order valence-electron chi connectivity index (χ1n) is 8.34. The molecule has 0 saturated carbocycles. The lowest BCUT2D eigenvalue weighted by Gasteiger charge is -2.10. The van der Waals surface area contributed by atoms with Gasteiger partial charge in [-0.1, -0.05) is 0 Å². The van der Waals surface area contributed by atoms with Gasteiger partial charge in [0, 0.05) is 16.6 Å². The van der Waals surface area contributed by atoms with Gasteiger partial charge < -0.3 is 20.5 Å². The van der Waals surface area contributed by atoms with E-state index in [-0.39, 0.29) is 42.2 Å². The van der Waals surface area contributed by atoms with Crippen LogP contribution in [-0.2, 0) is 6.54 Å². The van der Waals surface area contributed by atoms with Crippen LogP contribution in [0.4, 0.5) is 18.9 Å². The predicted molar refractivity (Wildman–Crippen MR) is 122 cm³/mol. The summed E-state index contributed by atoms with van der Waals surface area (Å²) in [6.45, 7) is 0.265. The summed E-state index contributed by atoms with van der Waals surface area (Å²) in [7, 11) is 1.61. The summed E-state index contributed by atoms with van der Waals surface area (Å²) in [5.41, 5.74) is 8.04. The first-order valence-corrected chi connectivity index (χ1v) is 9.22. The first-order chi connectivity index (χ1) is 13.8. The Bertz CT molecular complexity index is 977. The van der Waals surface area contributed by atoms with Gasteiger partial charge in [-0.2, -0.15) is 0 Å². The van der Waals surface area contributed by atoms with Gasteiger partial charge >= 0.3 is 6.36 Å². The third-order valence-corrected chi connectivity index (χ3v) is 4.60. The van der Waals surface area contributed by atoms with Crippen molar-refractivity contribution < 1.29 is 22.6 Å². The lowest BCUT2D eigenvalue weighted by atomic mass is 10.2. The molecule has 0 atom stereocenters. The van der Waals surface area contributed by atoms with E-state index >= 15 is 0 Å². The molecule has 1 heterocycles. The van der Waals surface area contributed by atoms with Crippen LogP contribution < -0.4 is 20.5 Å². The number of rotatable bonds is 6. The van der Waals surface area contributed by atoms with E-state index in [1.807, 2.05) is 29.6 Å². The second-order valence-corrected chi connectivity index (χ2v) is 6.63. The van der Waals surface area contributed by atoms with Gasteiger partial charge in [-0.05, 0) is 48.5 Å². The number of aliphatic imine (C=N–C) groups is 1. The van der Waals surface area contributed by atoms with E-state index in [4.69, 9.17) is 10.5 Å². The molecule has 0 amide bonds. The Morgan fingerprint density at radius 2 is 1.73 bits per heavy atom. The van der Waals surface area contributed by atoms with Crippen LogP contribution in [0.15, 0.2) is 58.9 Å². The number of nitrogens with zero attached hydrogens (tertiary/aromatic N) is 2. The normalized spacial score (nSPS) is 11.5. The summed E-state index contributed by atoms with van der Waals surface area (Å²) in [5, 5.41) is 5.55. The molecule has 1 aromatic heterocycles. The standard InChI is InChI=1S/C19H17F3N4O2S.HI/c1-27-15-6-2-12(3-7-15)17-25-14(11-29-17)10-24-18(23)26-13-4-8-16(9-5-13)28-19(20,21)22;/h2-9,11H,10H2,1H3,(H3,23,24,26);1H. The third kappa shape index (κ3) is 7.06. The quantitative estimate of drug-likeness (QED) is 0.249. The van der Waals surface area contributed by atoms with Crippen LogP contribution in [0.2, 0.25) is 0 Å². The monoisotopic (exact) mass is 550 g/mol. The van der Waals surface area contributed by atoms with Crippen LogP contribution >= 0.6 is 35.3 Å². The highest BCUT2D eigenvalue weighted by Crippen LogP contribution is 2.26. The van der Waals surface area contributed by atoms with Gasteiger partial charge in [-0.25, -0.2) is 9.98 Å². The number of hydrogen-bond donors (Lipinski definition) is 2. The summed E-state index contributed by atoms with van der Waals surface area (Å²) < 4.78 is 45.5. The highest BCUT2D eigenvalue weighted by molar-refractivity contribution is 14.0. The first kappa shape index (κ1) is 23.7. The maximum atomic E-state index is 12.2. The van der Waals surface area contributed by atoms with E-state index in [9.17, 15) is 13.2 Å². The van der Waals surface area contributed by atoms with E-state index in [0.29, 0.717) is 5.69 Å². The molecular formula is C19H18F3IN4O2S. The molecule has 160 valence electrons. The largest absolute Gasteiger partial charge is 0.573 e. The molecule has 0 radical (unpaired) electrons. The summed E-state index contributed by atoms with van der Waals surface area (Å²) in [4.78, 5) is 8.73. The molecule has 3 aromatic rings. The van der Waals surface area contributed by atoms with Crippen LogP contribution in [0.1, 0.15) is 5.69 Å². The lowest BCUT2D eigenvalue weighted by Crippen LogP contribution is -2.22. The topological polar surface area (TPSA) is 81.8 Å². The van der Waals surface area contributed by atoms with E-state index < -0.39 is 6.36 Å². The molecule has 2 aromatic carbocycles. The van der Waals surface area contributed by atoms with Gasteiger partial charge in [0.2, 0.25) is 0 Å². The van der Waals surface area contributed by atoms with Crippen LogP contribution in [0.3, 0.4) is 0 Å². The summed E-state index contributed by atoms with van der Waals surface area (Å²) in [5.74, 6) is 0.576. The minimum Gasteiger partial charge on any atom is -0.497 e. The summed E-state index contributed by atoms with van der Waals surface area (Å²) >= 11 is 1.49. The molecule has 0 unspecified atom stereocenters. The molecule has 3 N–H and O–H groups in total. The number of hydrogen-bond acceptors (Lipinski definition) is 5. The average Bonchev–Trinajstić information content (AvgIpc) is 3.16. The van der Waals surface area contributed by atoms with E-state index in [0.717, 1.165) is 22.0 Å². The maximum Gasteiger partial charge on any atom is 0.573 e. The van der Waals surface area contributed by atoms with Gasteiger partial charge in [0.25, 0.3) is 0 Å². The van der Waals surface area contributed by atoms with Gasteiger partial charge in [0.15, 0.2) is 5.96 Å². The molecule has 30 heavy (non-hydrogen) atoms. The lowest BCUT2D eigenvalue weighted by molar-refractivity contribution is -0.274. The van der Waals surface area contributed by atoms with Crippen LogP contribution in [-0.4, -0.2) is 24.4 Å². The highest BCUT2D eigenvalue weighted by atomic mass is 127. The van der Waals surface area contributed by atoms with Gasteiger partial charge in [-0.3, -0.25) is 0 Å². The Kier molecular flexibility index (Phi) is 8.29. The van der Waals surface area contributed by atoms with Crippen molar-refractivity contribution in [1.29, 1.82) is 0 Å². The second kappa shape index (κ2) is 10.5. The number of guanidine groups is 1. The zero-order valence-electron chi connectivity index (χ0n) is 15.6. The van der Waals surface area contributed by atoms with Crippen LogP contribution in [0.5, 0.6) is 11.5 Å². The smallest absolute Gasteiger partial charge is 0.497 e. The fourth-order valence-electron chi connectivity index (χ4n) is 2.34. The number of methoxy groups -OCH3 is 1. The Morgan fingerprint density at radius 3 is 2.33 bits per heavy atom. The number of ether oxygens (including phenoxy) is 2. The zero-order valence-corrected chi connectivity index (χ0v) is 18.8. The molecule has 0 aliphatic heterocycles. The molecule has 0 aliphatic rings. The fourth-order valence-corrected chi connectivity index (χ4v) is 3.16. The molecule has 11 heteroatoms. The SMILES string of the molecule is COc1ccc(-c2nc(CN=C(N)Nc3ccc(OC(F)(F)F)cc3)cs2)cc1.I. The minimum absolute atomic E-state index is 0. The van der Waals surface area contributed by atoms with E-state index in [2.05, 4.69) is 20.0 Å². The predicted octanol–water partition coefficient (Wildman–Crippen LogP) is 5.26. The second-order valence-electron chi connectivity index (χ2n) is 5.77. The molecule has 6 nitrogen and oxygen atoms in total. The van der Waals surface area contributed by atoms with Crippen LogP contribution in [0.25, 0.3) is 10.6 Å². The van der Waals surface area contributed by atoms with Gasteiger partial charge in [0.05, 0.1) is 19.3 Å². The summed E-state index contributed by atoms with van der Waals surface area (Å²) in [6.07, 6.45) is -4.73. The van der Waals surface area contributed by atoms with Crippen molar-refractivity contribution in [2.45, 2.75) is 12.9 Å². The molecule has 3 rings (SSSR count). The number of alkyl halides is 3. The minimum atomic E-state index is -4.73. The van der Waals surface area contributed by atoms with Gasteiger partial charge in [-0.15, -0.1) is 48.5 Å². The summed E-state index contributed by atoms with van der Waals surface area (Å²) in [6, 6.07) is 12.8. The third-order valence-electron chi connectivity index (χ3n) is 3.66. The van der Waals surface area contributed by atoms with Crippen molar-refractivity contribution >= 4 is 47.0 Å². The number of nitrogens with two attached hydrogens (primary N) is 1. The van der Waals surface area contributed by atoms with Crippen molar-refractivity contribution in [3.05, 3.63) is 59.6 Å². The maximum absolute atomic E-state index is 12.2. The molecule has 0 aliphatic carbocycles. The van der Waals surface area contributed by atoms with Crippen molar-refractivity contribution in [3.63, 3.8) is 0 Å². The van der Waals surface area contributed by atoms with Crippen molar-refractivity contribution in [2.75, 3.05) is 12.4 Å². The van der Waals surface area contributed by atoms with Gasteiger partial charge in [0.1, 0.15) is 16.5 Å². The fraction of sp³-hybridized carbons (Fsp3) is 0.158. The van der Waals surface area contributed by atoms with E-state index in [1.54, 1.807) is 7.11 Å². The zero-order chi connectivity index (χ0) is 20.9. The van der Waals surface area contributed by atoms with E-state index in [1.165, 1.54) is 35.6 Å². The molecule has 0 spiro atoms. The van der Waals surface area contributed by atoms with Crippen molar-refractivity contribution in [1.82, 2.24) is 4.98 Å². The molecular weight excluding hydrogens is 532 g/mol. The number of nitrogens with one attached hydrogen (secondary N) is 1. The Balaban J connectivity index is 0.00000320. The number of thiazole rings is 1. The number of aromatic nitrogens is 1. The number of halogens is 4. The van der Waals surface area contributed by atoms with Crippen LogP contribution in [0, 0.1) is 0 Å².